The van der Waals surface area contributed by atoms with Gasteiger partial charge in [-0.1, -0.05) is 31.5 Å². The molecule has 0 saturated carbocycles. The quantitative estimate of drug-likeness (QED) is 0.859. The van der Waals surface area contributed by atoms with Gasteiger partial charge in [0.05, 0.1) is 0 Å². The van der Waals surface area contributed by atoms with Crippen molar-refractivity contribution in [3.63, 3.8) is 0 Å². The van der Waals surface area contributed by atoms with Crippen molar-refractivity contribution < 1.29 is 4.74 Å². The average Bonchev–Trinajstić information content (AvgIpc) is 2.46. The van der Waals surface area contributed by atoms with Gasteiger partial charge in [-0.3, -0.25) is 0 Å². The van der Waals surface area contributed by atoms with Gasteiger partial charge >= 0.3 is 0 Å². The molecule has 0 fully saturated rings. The van der Waals surface area contributed by atoms with E-state index in [9.17, 15) is 0 Å². The number of aromatic nitrogens is 1. The van der Waals surface area contributed by atoms with Gasteiger partial charge in [-0.2, -0.15) is 0 Å². The first kappa shape index (κ1) is 13.4. The maximum atomic E-state index is 5.71. The minimum atomic E-state index is 0.515. The molecule has 1 aromatic carbocycles. The normalized spacial score (nSPS) is 10.4. The Hall–Kier alpha value is -2.03. The highest BCUT2D eigenvalue weighted by Gasteiger charge is 1.98. The van der Waals surface area contributed by atoms with Gasteiger partial charge in [-0.25, -0.2) is 4.98 Å². The number of unbranched alkanes of at least 4 members (excludes halogenated alkanes) is 1. The van der Waals surface area contributed by atoms with Crippen LogP contribution in [0.1, 0.15) is 30.9 Å². The third-order valence-corrected chi connectivity index (χ3v) is 3.00. The third kappa shape index (κ3) is 4.28. The number of ether oxygens (including phenoxy) is 1. The Kier molecular flexibility index (Phi) is 4.78. The first-order valence-electron chi connectivity index (χ1n) is 6.70. The van der Waals surface area contributed by atoms with Crippen LogP contribution in [0.5, 0.6) is 5.75 Å². The Morgan fingerprint density at radius 3 is 2.42 bits per heavy atom. The molecule has 0 amide bonds. The summed E-state index contributed by atoms with van der Waals surface area (Å²) in [5.41, 5.74) is 7.92. The molecule has 2 aromatic rings. The van der Waals surface area contributed by atoms with Crippen molar-refractivity contribution in [2.24, 2.45) is 0 Å². The predicted molar refractivity (Wildman–Crippen MR) is 78.0 cm³/mol. The van der Waals surface area contributed by atoms with Gasteiger partial charge in [0.15, 0.2) is 0 Å². The van der Waals surface area contributed by atoms with Crippen molar-refractivity contribution in [3.8, 4) is 5.75 Å². The maximum absolute atomic E-state index is 5.71. The number of rotatable bonds is 6. The van der Waals surface area contributed by atoms with Crippen LogP contribution in [0.2, 0.25) is 0 Å². The third-order valence-electron chi connectivity index (χ3n) is 3.00. The summed E-state index contributed by atoms with van der Waals surface area (Å²) in [5, 5.41) is 0. The van der Waals surface area contributed by atoms with Crippen molar-refractivity contribution in [1.29, 1.82) is 0 Å². The zero-order valence-electron chi connectivity index (χ0n) is 11.3. The number of aryl methyl sites for hydroxylation is 1. The molecule has 2 N–H and O–H groups in total. The van der Waals surface area contributed by atoms with Crippen LogP contribution >= 0.6 is 0 Å². The van der Waals surface area contributed by atoms with E-state index in [1.165, 1.54) is 18.4 Å². The van der Waals surface area contributed by atoms with Crippen LogP contribution in [0.15, 0.2) is 42.6 Å². The summed E-state index contributed by atoms with van der Waals surface area (Å²) < 4.78 is 5.71. The molecule has 0 aliphatic carbocycles. The fourth-order valence-corrected chi connectivity index (χ4v) is 1.82. The monoisotopic (exact) mass is 256 g/mol. The lowest BCUT2D eigenvalue weighted by molar-refractivity contribution is 0.305. The number of nitrogens with two attached hydrogens (primary N) is 1. The van der Waals surface area contributed by atoms with Crippen molar-refractivity contribution >= 4 is 5.82 Å². The number of hydrogen-bond acceptors (Lipinski definition) is 3. The highest BCUT2D eigenvalue weighted by molar-refractivity contribution is 5.30. The van der Waals surface area contributed by atoms with Gasteiger partial charge in [0, 0.05) is 11.8 Å². The molecule has 19 heavy (non-hydrogen) atoms. The van der Waals surface area contributed by atoms with E-state index in [1.54, 1.807) is 12.3 Å². The van der Waals surface area contributed by atoms with E-state index in [4.69, 9.17) is 10.5 Å². The summed E-state index contributed by atoms with van der Waals surface area (Å²) in [5.74, 6) is 1.42. The zero-order valence-corrected chi connectivity index (χ0v) is 11.3. The second kappa shape index (κ2) is 6.78. The lowest BCUT2D eigenvalue weighted by Gasteiger charge is -2.07. The van der Waals surface area contributed by atoms with Crippen LogP contribution < -0.4 is 10.5 Å². The summed E-state index contributed by atoms with van der Waals surface area (Å²) in [6, 6.07) is 12.0. The minimum Gasteiger partial charge on any atom is -0.489 e. The molecule has 3 nitrogen and oxygen atoms in total. The van der Waals surface area contributed by atoms with Crippen molar-refractivity contribution in [2.45, 2.75) is 32.8 Å². The van der Waals surface area contributed by atoms with E-state index in [2.05, 4.69) is 24.0 Å². The highest BCUT2D eigenvalue weighted by atomic mass is 16.5. The lowest BCUT2D eigenvalue weighted by atomic mass is 10.1. The van der Waals surface area contributed by atoms with Crippen LogP contribution in [0.3, 0.4) is 0 Å². The molecule has 1 aromatic heterocycles. The maximum Gasteiger partial charge on any atom is 0.123 e. The molecule has 0 aliphatic rings. The molecule has 0 atom stereocenters. The average molecular weight is 256 g/mol. The summed E-state index contributed by atoms with van der Waals surface area (Å²) in [6.07, 6.45) is 5.34. The number of nitrogens with zero attached hydrogens (tertiary/aromatic N) is 1. The lowest BCUT2D eigenvalue weighted by Crippen LogP contribution is -1.97. The first-order valence-corrected chi connectivity index (χ1v) is 6.70. The molecular formula is C16H20N2O. The summed E-state index contributed by atoms with van der Waals surface area (Å²) >= 11 is 0. The topological polar surface area (TPSA) is 48.1 Å². The summed E-state index contributed by atoms with van der Waals surface area (Å²) in [4.78, 5) is 4.04. The van der Waals surface area contributed by atoms with Gasteiger partial charge < -0.3 is 10.5 Å². The highest BCUT2D eigenvalue weighted by Crippen LogP contribution is 2.15. The van der Waals surface area contributed by atoms with Crippen LogP contribution in [0, 0.1) is 0 Å². The SMILES string of the molecule is CCCCc1ccc(OCc2ccc(N)nc2)cc1. The Morgan fingerprint density at radius 2 is 1.79 bits per heavy atom. The molecule has 0 saturated heterocycles. The minimum absolute atomic E-state index is 0.515. The molecule has 0 radical (unpaired) electrons. The van der Waals surface area contributed by atoms with Crippen LogP contribution in [0.4, 0.5) is 5.82 Å². The van der Waals surface area contributed by atoms with Crippen LogP contribution in [-0.4, -0.2) is 4.98 Å². The number of pyridine rings is 1. The molecule has 0 aliphatic heterocycles. The molecule has 0 unspecified atom stereocenters. The van der Waals surface area contributed by atoms with Crippen molar-refractivity contribution in [2.75, 3.05) is 5.73 Å². The Labute approximate surface area is 114 Å². The second-order valence-electron chi connectivity index (χ2n) is 4.63. The summed E-state index contributed by atoms with van der Waals surface area (Å²) in [6.45, 7) is 2.72. The Morgan fingerprint density at radius 1 is 1.05 bits per heavy atom. The number of benzene rings is 1. The largest absolute Gasteiger partial charge is 0.489 e. The van der Waals surface area contributed by atoms with E-state index >= 15 is 0 Å². The second-order valence-corrected chi connectivity index (χ2v) is 4.63. The van der Waals surface area contributed by atoms with E-state index < -0.39 is 0 Å². The van der Waals surface area contributed by atoms with Crippen LogP contribution in [-0.2, 0) is 13.0 Å². The Balaban J connectivity index is 1.87. The molecule has 100 valence electrons. The van der Waals surface area contributed by atoms with E-state index in [-0.39, 0.29) is 0 Å². The van der Waals surface area contributed by atoms with Gasteiger partial charge in [0.1, 0.15) is 18.2 Å². The fraction of sp³-hybridized carbons (Fsp3) is 0.312. The molecular weight excluding hydrogens is 236 g/mol. The van der Waals surface area contributed by atoms with E-state index in [0.29, 0.717) is 12.4 Å². The molecule has 3 heteroatoms. The number of nitrogen functional groups attached to an aromatic ring is 1. The van der Waals surface area contributed by atoms with Gasteiger partial charge in [-0.05, 0) is 36.6 Å². The van der Waals surface area contributed by atoms with Gasteiger partial charge in [0.25, 0.3) is 0 Å². The molecule has 1 heterocycles. The fourth-order valence-electron chi connectivity index (χ4n) is 1.82. The van der Waals surface area contributed by atoms with Gasteiger partial charge in [0.2, 0.25) is 0 Å². The van der Waals surface area contributed by atoms with Crippen LogP contribution in [0.25, 0.3) is 0 Å². The van der Waals surface area contributed by atoms with Gasteiger partial charge in [-0.15, -0.1) is 0 Å². The predicted octanol–water partition coefficient (Wildman–Crippen LogP) is 3.59. The zero-order chi connectivity index (χ0) is 13.5. The number of anilines is 1. The van der Waals surface area contributed by atoms with Crippen molar-refractivity contribution in [1.82, 2.24) is 4.98 Å². The summed E-state index contributed by atoms with van der Waals surface area (Å²) in [7, 11) is 0. The molecule has 0 spiro atoms. The standard InChI is InChI=1S/C16H20N2O/c1-2-3-4-13-5-8-15(9-6-13)19-12-14-7-10-16(17)18-11-14/h5-11H,2-4,12H2,1H3,(H2,17,18). The first-order chi connectivity index (χ1) is 9.28. The molecule has 0 bridgehead atoms. The Bertz CT molecular complexity index is 491. The number of hydrogen-bond donors (Lipinski definition) is 1. The van der Waals surface area contributed by atoms with Crippen molar-refractivity contribution in [3.05, 3.63) is 53.7 Å². The van der Waals surface area contributed by atoms with E-state index in [0.717, 1.165) is 17.7 Å². The molecule has 2 rings (SSSR count). The smallest absolute Gasteiger partial charge is 0.123 e. The van der Waals surface area contributed by atoms with E-state index in [1.807, 2.05) is 18.2 Å².